The summed E-state index contributed by atoms with van der Waals surface area (Å²) in [7, 11) is 1.64. The van der Waals surface area contributed by atoms with Gasteiger partial charge in [-0.2, -0.15) is 5.10 Å². The van der Waals surface area contributed by atoms with Gasteiger partial charge in [0.1, 0.15) is 5.75 Å². The van der Waals surface area contributed by atoms with Crippen molar-refractivity contribution >= 4 is 23.5 Å². The van der Waals surface area contributed by atoms with Gasteiger partial charge in [-0.05, 0) is 48.5 Å². The van der Waals surface area contributed by atoms with Crippen LogP contribution in [0, 0.1) is 6.92 Å². The number of rotatable bonds is 3. The van der Waals surface area contributed by atoms with Gasteiger partial charge >= 0.3 is 0 Å². The highest BCUT2D eigenvalue weighted by molar-refractivity contribution is 7.80. The highest BCUT2D eigenvalue weighted by Gasteiger charge is 1.97. The summed E-state index contributed by atoms with van der Waals surface area (Å²) in [5.74, 6) is 0.826. The largest absolute Gasteiger partial charge is 0.497 e. The van der Waals surface area contributed by atoms with Gasteiger partial charge in [0.25, 0.3) is 0 Å². The molecular formula is C10H13N3OS. The van der Waals surface area contributed by atoms with Crippen LogP contribution in [0.15, 0.2) is 23.3 Å². The molecule has 0 saturated carbocycles. The Morgan fingerprint density at radius 1 is 1.60 bits per heavy atom. The molecule has 0 heterocycles. The fourth-order valence-corrected chi connectivity index (χ4v) is 1.14. The van der Waals surface area contributed by atoms with Gasteiger partial charge in [-0.25, -0.2) is 0 Å². The molecule has 5 heteroatoms. The van der Waals surface area contributed by atoms with Gasteiger partial charge in [-0.15, -0.1) is 0 Å². The molecule has 1 aromatic carbocycles. The molecule has 0 atom stereocenters. The minimum absolute atomic E-state index is 0.150. The van der Waals surface area contributed by atoms with Gasteiger partial charge in [0.2, 0.25) is 0 Å². The maximum Gasteiger partial charge on any atom is 0.184 e. The molecule has 4 nitrogen and oxygen atoms in total. The lowest BCUT2D eigenvalue weighted by Crippen LogP contribution is -2.24. The fraction of sp³-hybridized carbons (Fsp3) is 0.200. The van der Waals surface area contributed by atoms with E-state index in [0.29, 0.717) is 0 Å². The molecule has 0 radical (unpaired) electrons. The molecule has 0 aliphatic carbocycles. The van der Waals surface area contributed by atoms with E-state index in [0.717, 1.165) is 16.9 Å². The number of hydrogen-bond donors (Lipinski definition) is 2. The van der Waals surface area contributed by atoms with Gasteiger partial charge in [0.15, 0.2) is 5.11 Å². The number of thiocarbonyl (C=S) groups is 1. The van der Waals surface area contributed by atoms with Gasteiger partial charge in [-0.3, -0.25) is 5.43 Å². The van der Waals surface area contributed by atoms with E-state index in [4.69, 9.17) is 10.5 Å². The van der Waals surface area contributed by atoms with Crippen LogP contribution in [0.25, 0.3) is 0 Å². The second kappa shape index (κ2) is 5.31. The Morgan fingerprint density at radius 2 is 2.33 bits per heavy atom. The van der Waals surface area contributed by atoms with E-state index in [-0.39, 0.29) is 5.11 Å². The minimum atomic E-state index is 0.150. The van der Waals surface area contributed by atoms with E-state index in [1.165, 1.54) is 0 Å². The van der Waals surface area contributed by atoms with Crippen molar-refractivity contribution in [2.24, 2.45) is 10.8 Å². The average molecular weight is 223 g/mol. The molecule has 3 N–H and O–H groups in total. The second-order valence-corrected chi connectivity index (χ2v) is 3.40. The number of nitrogens with zero attached hydrogens (tertiary/aromatic N) is 1. The zero-order valence-corrected chi connectivity index (χ0v) is 9.47. The SMILES string of the molecule is COc1ccc(C=NNC(N)=S)c(C)c1. The monoisotopic (exact) mass is 223 g/mol. The van der Waals surface area contributed by atoms with Crippen LogP contribution in [-0.4, -0.2) is 18.4 Å². The molecule has 0 fully saturated rings. The zero-order valence-electron chi connectivity index (χ0n) is 8.65. The lowest BCUT2D eigenvalue weighted by Gasteiger charge is -2.03. The molecule has 0 aliphatic rings. The maximum absolute atomic E-state index is 5.23. The molecule has 0 bridgehead atoms. The summed E-state index contributed by atoms with van der Waals surface area (Å²) < 4.78 is 5.09. The van der Waals surface area contributed by atoms with E-state index >= 15 is 0 Å². The summed E-state index contributed by atoms with van der Waals surface area (Å²) in [4.78, 5) is 0. The molecule has 80 valence electrons. The first kappa shape index (κ1) is 11.5. The Kier molecular flexibility index (Phi) is 4.05. The van der Waals surface area contributed by atoms with E-state index in [9.17, 15) is 0 Å². The third-order valence-corrected chi connectivity index (χ3v) is 1.95. The van der Waals surface area contributed by atoms with Crippen molar-refractivity contribution in [3.05, 3.63) is 29.3 Å². The number of hydrazone groups is 1. The predicted octanol–water partition coefficient (Wildman–Crippen LogP) is 1.17. The minimum Gasteiger partial charge on any atom is -0.497 e. The van der Waals surface area contributed by atoms with Gasteiger partial charge < -0.3 is 10.5 Å². The van der Waals surface area contributed by atoms with Crippen molar-refractivity contribution in [3.63, 3.8) is 0 Å². The van der Waals surface area contributed by atoms with Crippen molar-refractivity contribution < 1.29 is 4.74 Å². The standard InChI is InChI=1S/C10H13N3OS/c1-7-5-9(14-2)4-3-8(7)6-12-13-10(11)15/h3-6H,1-2H3,(H3,11,13,15). The lowest BCUT2D eigenvalue weighted by atomic mass is 10.1. The molecule has 1 rings (SSSR count). The number of ether oxygens (including phenoxy) is 1. The molecule has 0 aromatic heterocycles. The van der Waals surface area contributed by atoms with Crippen LogP contribution in [0.5, 0.6) is 5.75 Å². The first-order valence-electron chi connectivity index (χ1n) is 4.36. The molecule has 0 unspecified atom stereocenters. The first-order chi connectivity index (χ1) is 7.13. The third kappa shape index (κ3) is 3.55. The number of nitrogens with two attached hydrogens (primary N) is 1. The predicted molar refractivity (Wildman–Crippen MR) is 65.2 cm³/mol. The summed E-state index contributed by atoms with van der Waals surface area (Å²) in [5, 5.41) is 4.03. The quantitative estimate of drug-likeness (QED) is 0.459. The summed E-state index contributed by atoms with van der Waals surface area (Å²) in [5.41, 5.74) is 9.78. The normalized spacial score (nSPS) is 10.3. The fourth-order valence-electron chi connectivity index (χ4n) is 1.09. The Bertz CT molecular complexity index is 390. The highest BCUT2D eigenvalue weighted by Crippen LogP contribution is 2.15. The number of benzene rings is 1. The lowest BCUT2D eigenvalue weighted by molar-refractivity contribution is 0.414. The van der Waals surface area contributed by atoms with E-state index < -0.39 is 0 Å². The van der Waals surface area contributed by atoms with E-state index in [2.05, 4.69) is 22.7 Å². The Balaban J connectivity index is 2.78. The highest BCUT2D eigenvalue weighted by atomic mass is 32.1. The van der Waals surface area contributed by atoms with Crippen LogP contribution in [0.3, 0.4) is 0 Å². The van der Waals surface area contributed by atoms with Crippen molar-refractivity contribution in [3.8, 4) is 5.75 Å². The van der Waals surface area contributed by atoms with Crippen LogP contribution in [0.2, 0.25) is 0 Å². The molecule has 0 saturated heterocycles. The molecule has 15 heavy (non-hydrogen) atoms. The third-order valence-electron chi connectivity index (χ3n) is 1.86. The van der Waals surface area contributed by atoms with Gasteiger partial charge in [0, 0.05) is 0 Å². The first-order valence-corrected chi connectivity index (χ1v) is 4.77. The van der Waals surface area contributed by atoms with Crippen LogP contribution in [-0.2, 0) is 0 Å². The van der Waals surface area contributed by atoms with Crippen molar-refractivity contribution in [2.75, 3.05) is 7.11 Å². The van der Waals surface area contributed by atoms with Crippen LogP contribution in [0.1, 0.15) is 11.1 Å². The summed E-state index contributed by atoms with van der Waals surface area (Å²) in [6, 6.07) is 5.72. The van der Waals surface area contributed by atoms with Gasteiger partial charge in [0.05, 0.1) is 13.3 Å². The van der Waals surface area contributed by atoms with E-state index in [1.54, 1.807) is 13.3 Å². The molecule has 0 amide bonds. The maximum atomic E-state index is 5.23. The Hall–Kier alpha value is -1.62. The van der Waals surface area contributed by atoms with E-state index in [1.807, 2.05) is 25.1 Å². The van der Waals surface area contributed by atoms with Crippen LogP contribution in [0.4, 0.5) is 0 Å². The molecule has 0 spiro atoms. The zero-order chi connectivity index (χ0) is 11.3. The summed E-state index contributed by atoms with van der Waals surface area (Å²) >= 11 is 4.62. The molecule has 1 aromatic rings. The number of hydrogen-bond acceptors (Lipinski definition) is 3. The summed E-state index contributed by atoms with van der Waals surface area (Å²) in [6.07, 6.45) is 1.66. The average Bonchev–Trinajstić information content (AvgIpc) is 2.20. The molecule has 0 aliphatic heterocycles. The molecular weight excluding hydrogens is 210 g/mol. The van der Waals surface area contributed by atoms with Crippen LogP contribution < -0.4 is 15.9 Å². The smallest absolute Gasteiger partial charge is 0.184 e. The number of nitrogens with one attached hydrogen (secondary N) is 1. The van der Waals surface area contributed by atoms with Crippen LogP contribution >= 0.6 is 12.2 Å². The van der Waals surface area contributed by atoms with Crippen molar-refractivity contribution in [1.29, 1.82) is 0 Å². The Labute approximate surface area is 94.1 Å². The topological polar surface area (TPSA) is 59.6 Å². The number of aryl methyl sites for hydroxylation is 1. The van der Waals surface area contributed by atoms with Gasteiger partial charge in [-0.1, -0.05) is 0 Å². The number of methoxy groups -OCH3 is 1. The second-order valence-electron chi connectivity index (χ2n) is 2.96. The summed E-state index contributed by atoms with van der Waals surface area (Å²) in [6.45, 7) is 1.98. The van der Waals surface area contributed by atoms with Crippen molar-refractivity contribution in [1.82, 2.24) is 5.43 Å². The Morgan fingerprint density at radius 3 is 2.87 bits per heavy atom. The van der Waals surface area contributed by atoms with Crippen molar-refractivity contribution in [2.45, 2.75) is 6.92 Å².